The number of rotatable bonds is 5. The van der Waals surface area contributed by atoms with E-state index in [0.29, 0.717) is 5.69 Å². The van der Waals surface area contributed by atoms with Crippen LogP contribution in [-0.4, -0.2) is 39.0 Å². The number of benzene rings is 1. The van der Waals surface area contributed by atoms with Gasteiger partial charge in [0, 0.05) is 17.8 Å². The SMILES string of the molecule is CCS(=O)(=O)Nc1ccc(S(=O)(=O)N2[C@@H](C)CCC[C@@H]2C)cc1. The van der Waals surface area contributed by atoms with Crippen molar-refractivity contribution in [1.29, 1.82) is 0 Å². The zero-order valence-corrected chi connectivity index (χ0v) is 15.3. The van der Waals surface area contributed by atoms with E-state index in [0.717, 1.165) is 19.3 Å². The van der Waals surface area contributed by atoms with Gasteiger partial charge in [0.2, 0.25) is 20.0 Å². The monoisotopic (exact) mass is 360 g/mol. The number of hydrogen-bond acceptors (Lipinski definition) is 4. The third kappa shape index (κ3) is 4.05. The lowest BCUT2D eigenvalue weighted by atomic mass is 10.0. The lowest BCUT2D eigenvalue weighted by molar-refractivity contribution is 0.204. The van der Waals surface area contributed by atoms with E-state index in [2.05, 4.69) is 4.72 Å². The van der Waals surface area contributed by atoms with E-state index in [-0.39, 0.29) is 22.7 Å². The zero-order chi connectivity index (χ0) is 17.3. The highest BCUT2D eigenvalue weighted by Gasteiger charge is 2.35. The van der Waals surface area contributed by atoms with E-state index in [9.17, 15) is 16.8 Å². The molecular weight excluding hydrogens is 336 g/mol. The Morgan fingerprint density at radius 1 is 1.04 bits per heavy atom. The van der Waals surface area contributed by atoms with Crippen molar-refractivity contribution >= 4 is 25.7 Å². The maximum absolute atomic E-state index is 12.8. The van der Waals surface area contributed by atoms with Gasteiger partial charge in [0.1, 0.15) is 0 Å². The van der Waals surface area contributed by atoms with E-state index < -0.39 is 20.0 Å². The Kier molecular flexibility index (Phi) is 5.37. The first-order chi connectivity index (χ1) is 10.7. The largest absolute Gasteiger partial charge is 0.284 e. The summed E-state index contributed by atoms with van der Waals surface area (Å²) in [5.41, 5.74) is 0.366. The van der Waals surface area contributed by atoms with Crippen LogP contribution in [0, 0.1) is 0 Å². The van der Waals surface area contributed by atoms with E-state index in [1.165, 1.54) is 24.3 Å². The summed E-state index contributed by atoms with van der Waals surface area (Å²) in [6, 6.07) is 5.83. The number of sulfonamides is 2. The van der Waals surface area contributed by atoms with Crippen molar-refractivity contribution in [3.8, 4) is 0 Å². The number of nitrogens with zero attached hydrogens (tertiary/aromatic N) is 1. The van der Waals surface area contributed by atoms with Crippen molar-refractivity contribution in [2.24, 2.45) is 0 Å². The molecule has 1 aliphatic rings. The van der Waals surface area contributed by atoms with Crippen LogP contribution in [0.2, 0.25) is 0 Å². The minimum absolute atomic E-state index is 0.0259. The molecule has 0 amide bonds. The molecule has 0 unspecified atom stereocenters. The van der Waals surface area contributed by atoms with E-state index >= 15 is 0 Å². The van der Waals surface area contributed by atoms with E-state index in [1.54, 1.807) is 11.2 Å². The summed E-state index contributed by atoms with van der Waals surface area (Å²) in [6.45, 7) is 5.40. The van der Waals surface area contributed by atoms with E-state index in [1.807, 2.05) is 13.8 Å². The van der Waals surface area contributed by atoms with Crippen LogP contribution in [0.4, 0.5) is 5.69 Å². The normalized spacial score (nSPS) is 23.6. The maximum atomic E-state index is 12.8. The summed E-state index contributed by atoms with van der Waals surface area (Å²) in [7, 11) is -6.94. The van der Waals surface area contributed by atoms with Crippen molar-refractivity contribution in [2.45, 2.75) is 57.0 Å². The Labute approximate surface area is 139 Å². The first-order valence-electron chi connectivity index (χ1n) is 7.81. The maximum Gasteiger partial charge on any atom is 0.243 e. The molecule has 2 rings (SSSR count). The highest BCUT2D eigenvalue weighted by Crippen LogP contribution is 2.30. The average molecular weight is 361 g/mol. The molecule has 0 aliphatic carbocycles. The fourth-order valence-corrected chi connectivity index (χ4v) is 5.46. The molecule has 1 N–H and O–H groups in total. The quantitative estimate of drug-likeness (QED) is 0.874. The molecule has 0 saturated carbocycles. The molecular formula is C15H24N2O4S2. The van der Waals surface area contributed by atoms with Crippen molar-refractivity contribution in [1.82, 2.24) is 4.31 Å². The number of nitrogens with one attached hydrogen (secondary N) is 1. The van der Waals surface area contributed by atoms with Gasteiger partial charge in [-0.05, 0) is 57.9 Å². The predicted octanol–water partition coefficient (Wildman–Crippen LogP) is 2.40. The minimum atomic E-state index is -3.57. The fraction of sp³-hybridized carbons (Fsp3) is 0.600. The Bertz CT molecular complexity index is 732. The Morgan fingerprint density at radius 2 is 1.57 bits per heavy atom. The summed E-state index contributed by atoms with van der Waals surface area (Å²) >= 11 is 0. The van der Waals surface area contributed by atoms with Gasteiger partial charge in [-0.2, -0.15) is 4.31 Å². The van der Waals surface area contributed by atoms with Gasteiger partial charge in [0.05, 0.1) is 10.6 Å². The first-order valence-corrected chi connectivity index (χ1v) is 10.9. The third-order valence-corrected chi connectivity index (χ3v) is 7.65. The van der Waals surface area contributed by atoms with Crippen LogP contribution in [0.25, 0.3) is 0 Å². The van der Waals surface area contributed by atoms with Crippen LogP contribution in [0.3, 0.4) is 0 Å². The van der Waals surface area contributed by atoms with Crippen molar-refractivity contribution < 1.29 is 16.8 Å². The molecule has 8 heteroatoms. The van der Waals surface area contributed by atoms with Crippen molar-refractivity contribution in [2.75, 3.05) is 10.5 Å². The van der Waals surface area contributed by atoms with Crippen molar-refractivity contribution in [3.05, 3.63) is 24.3 Å². The topological polar surface area (TPSA) is 83.5 Å². The van der Waals surface area contributed by atoms with Crippen LogP contribution < -0.4 is 4.72 Å². The molecule has 2 atom stereocenters. The van der Waals surface area contributed by atoms with Crippen molar-refractivity contribution in [3.63, 3.8) is 0 Å². The molecule has 0 radical (unpaired) electrons. The first kappa shape index (κ1) is 18.2. The molecule has 6 nitrogen and oxygen atoms in total. The molecule has 1 saturated heterocycles. The molecule has 1 aliphatic heterocycles. The molecule has 1 aromatic rings. The summed E-state index contributed by atoms with van der Waals surface area (Å²) in [5, 5.41) is 0. The summed E-state index contributed by atoms with van der Waals surface area (Å²) in [6.07, 6.45) is 2.75. The molecule has 0 spiro atoms. The predicted molar refractivity (Wildman–Crippen MR) is 91.3 cm³/mol. The standard InChI is InChI=1S/C15H24N2O4S2/c1-4-22(18,19)16-14-8-10-15(11-9-14)23(20,21)17-12(2)6-5-7-13(17)3/h8-13,16H,4-7H2,1-3H3/t12-,13-/m0/s1. The van der Waals surface area contributed by atoms with Gasteiger partial charge >= 0.3 is 0 Å². The summed E-state index contributed by atoms with van der Waals surface area (Å²) < 4.78 is 52.8. The minimum Gasteiger partial charge on any atom is -0.284 e. The molecule has 130 valence electrons. The number of hydrogen-bond donors (Lipinski definition) is 1. The molecule has 1 fully saturated rings. The molecule has 0 aromatic heterocycles. The molecule has 0 bridgehead atoms. The lowest BCUT2D eigenvalue weighted by Crippen LogP contribution is -2.47. The second-order valence-corrected chi connectivity index (χ2v) is 9.85. The van der Waals surface area contributed by atoms with Crippen LogP contribution >= 0.6 is 0 Å². The second kappa shape index (κ2) is 6.78. The number of piperidine rings is 1. The molecule has 1 heterocycles. The van der Waals surface area contributed by atoms with Crippen LogP contribution in [0.1, 0.15) is 40.0 Å². The van der Waals surface area contributed by atoms with E-state index in [4.69, 9.17) is 0 Å². The van der Waals surface area contributed by atoms with Gasteiger partial charge in [-0.3, -0.25) is 4.72 Å². The molecule has 1 aromatic carbocycles. The zero-order valence-electron chi connectivity index (χ0n) is 13.7. The highest BCUT2D eigenvalue weighted by atomic mass is 32.2. The Hall–Kier alpha value is -1.12. The Morgan fingerprint density at radius 3 is 2.04 bits per heavy atom. The van der Waals surface area contributed by atoms with Gasteiger partial charge in [-0.1, -0.05) is 6.42 Å². The fourth-order valence-electron chi connectivity index (χ4n) is 2.94. The average Bonchev–Trinajstić information content (AvgIpc) is 2.47. The van der Waals surface area contributed by atoms with Gasteiger partial charge in [-0.25, -0.2) is 16.8 Å². The van der Waals surface area contributed by atoms with Gasteiger partial charge in [-0.15, -0.1) is 0 Å². The van der Waals surface area contributed by atoms with Gasteiger partial charge < -0.3 is 0 Å². The number of anilines is 1. The highest BCUT2D eigenvalue weighted by molar-refractivity contribution is 7.92. The van der Waals surface area contributed by atoms with Crippen LogP contribution in [0.5, 0.6) is 0 Å². The summed E-state index contributed by atoms with van der Waals surface area (Å²) in [5.74, 6) is -0.0319. The Balaban J connectivity index is 2.27. The third-order valence-electron chi connectivity index (χ3n) is 4.20. The second-order valence-electron chi connectivity index (χ2n) is 5.99. The van der Waals surface area contributed by atoms with Crippen LogP contribution in [-0.2, 0) is 20.0 Å². The smallest absolute Gasteiger partial charge is 0.243 e. The van der Waals surface area contributed by atoms with Crippen LogP contribution in [0.15, 0.2) is 29.2 Å². The molecule has 23 heavy (non-hydrogen) atoms. The van der Waals surface area contributed by atoms with Gasteiger partial charge in [0.25, 0.3) is 0 Å². The summed E-state index contributed by atoms with van der Waals surface area (Å²) in [4.78, 5) is 0.192. The van der Waals surface area contributed by atoms with Gasteiger partial charge in [0.15, 0.2) is 0 Å². The lowest BCUT2D eigenvalue weighted by Gasteiger charge is -2.37.